The van der Waals surface area contributed by atoms with E-state index in [0.29, 0.717) is 18.8 Å². The molecule has 1 atom stereocenters. The third-order valence-corrected chi connectivity index (χ3v) is 2.51. The van der Waals surface area contributed by atoms with Crippen LogP contribution in [-0.4, -0.2) is 12.0 Å². The minimum absolute atomic E-state index is 0.0270. The second-order valence-electron chi connectivity index (χ2n) is 3.55. The number of hydrogen-bond donors (Lipinski definition) is 1. The molecule has 1 aliphatic rings. The molecule has 0 heterocycles. The Labute approximate surface area is 66.0 Å². The second-order valence-corrected chi connectivity index (χ2v) is 3.55. The second kappa shape index (κ2) is 3.05. The number of rotatable bonds is 1. The number of halogens is 2. The highest BCUT2D eigenvalue weighted by atomic mass is 19.3. The smallest absolute Gasteiger partial charge is 0.248 e. The molecule has 0 aliphatic heterocycles. The van der Waals surface area contributed by atoms with E-state index in [0.717, 1.165) is 0 Å². The van der Waals surface area contributed by atoms with E-state index in [1.807, 2.05) is 6.92 Å². The van der Waals surface area contributed by atoms with Crippen LogP contribution in [0.4, 0.5) is 8.78 Å². The molecule has 0 aromatic heterocycles. The zero-order valence-electron chi connectivity index (χ0n) is 6.82. The average molecular weight is 163 g/mol. The summed E-state index contributed by atoms with van der Waals surface area (Å²) in [6, 6.07) is 0.0751. The third kappa shape index (κ3) is 2.40. The van der Waals surface area contributed by atoms with Gasteiger partial charge in [-0.25, -0.2) is 8.78 Å². The molecule has 1 saturated carbocycles. The van der Waals surface area contributed by atoms with Crippen LogP contribution >= 0.6 is 0 Å². The van der Waals surface area contributed by atoms with Crippen LogP contribution in [-0.2, 0) is 0 Å². The highest BCUT2D eigenvalue weighted by Gasteiger charge is 2.35. The van der Waals surface area contributed by atoms with Crippen LogP contribution in [0.1, 0.15) is 32.6 Å². The first-order valence-corrected chi connectivity index (χ1v) is 4.15. The predicted molar refractivity (Wildman–Crippen MR) is 40.6 cm³/mol. The quantitative estimate of drug-likeness (QED) is 0.629. The molecule has 0 amide bonds. The Hall–Kier alpha value is -0.180. The van der Waals surface area contributed by atoms with Gasteiger partial charge in [0, 0.05) is 18.9 Å². The lowest BCUT2D eigenvalue weighted by atomic mass is 9.83. The van der Waals surface area contributed by atoms with Gasteiger partial charge in [0.05, 0.1) is 0 Å². The maximum Gasteiger partial charge on any atom is 0.248 e. The van der Waals surface area contributed by atoms with E-state index in [-0.39, 0.29) is 18.9 Å². The fourth-order valence-corrected chi connectivity index (χ4v) is 1.59. The predicted octanol–water partition coefficient (Wildman–Crippen LogP) is 2.16. The lowest BCUT2D eigenvalue weighted by Gasteiger charge is -2.30. The van der Waals surface area contributed by atoms with Crippen molar-refractivity contribution in [3.63, 3.8) is 0 Å². The summed E-state index contributed by atoms with van der Waals surface area (Å²) in [6.07, 6.45) is 1.23. The Morgan fingerprint density at radius 3 is 2.18 bits per heavy atom. The van der Waals surface area contributed by atoms with E-state index in [4.69, 9.17) is 5.73 Å². The summed E-state index contributed by atoms with van der Waals surface area (Å²) in [5.41, 5.74) is 5.61. The van der Waals surface area contributed by atoms with Crippen molar-refractivity contribution >= 4 is 0 Å². The highest BCUT2D eigenvalue weighted by Crippen LogP contribution is 2.36. The summed E-state index contributed by atoms with van der Waals surface area (Å²) in [7, 11) is 0. The largest absolute Gasteiger partial charge is 0.328 e. The van der Waals surface area contributed by atoms with E-state index in [2.05, 4.69) is 0 Å². The first-order chi connectivity index (χ1) is 5.01. The first kappa shape index (κ1) is 8.91. The zero-order chi connectivity index (χ0) is 8.48. The van der Waals surface area contributed by atoms with Gasteiger partial charge in [0.2, 0.25) is 5.92 Å². The summed E-state index contributed by atoms with van der Waals surface area (Å²) in [6.45, 7) is 1.90. The van der Waals surface area contributed by atoms with Crippen LogP contribution in [0.3, 0.4) is 0 Å². The Bertz CT molecular complexity index is 124. The van der Waals surface area contributed by atoms with Crippen molar-refractivity contribution in [2.45, 2.75) is 44.6 Å². The molecule has 1 rings (SSSR count). The summed E-state index contributed by atoms with van der Waals surface area (Å²) >= 11 is 0. The molecule has 0 bridgehead atoms. The molecule has 0 spiro atoms. The normalized spacial score (nSPS) is 28.4. The molecule has 1 unspecified atom stereocenters. The molecule has 1 aliphatic carbocycles. The molecule has 1 nitrogen and oxygen atoms in total. The van der Waals surface area contributed by atoms with Crippen LogP contribution < -0.4 is 5.73 Å². The van der Waals surface area contributed by atoms with Crippen molar-refractivity contribution in [2.24, 2.45) is 11.7 Å². The maximum absolute atomic E-state index is 12.6. The van der Waals surface area contributed by atoms with Crippen LogP contribution in [0, 0.1) is 5.92 Å². The standard InChI is InChI=1S/C8H15F2N/c1-6(11)7-2-4-8(9,10)5-3-7/h6-7H,2-5,11H2,1H3. The van der Waals surface area contributed by atoms with Gasteiger partial charge in [-0.2, -0.15) is 0 Å². The van der Waals surface area contributed by atoms with Crippen LogP contribution in [0.15, 0.2) is 0 Å². The van der Waals surface area contributed by atoms with Gasteiger partial charge in [0.25, 0.3) is 0 Å². The third-order valence-electron chi connectivity index (χ3n) is 2.51. The fourth-order valence-electron chi connectivity index (χ4n) is 1.59. The molecule has 0 aromatic rings. The summed E-state index contributed by atoms with van der Waals surface area (Å²) in [5.74, 6) is -2.10. The Morgan fingerprint density at radius 1 is 1.36 bits per heavy atom. The van der Waals surface area contributed by atoms with Gasteiger partial charge >= 0.3 is 0 Å². The molecule has 0 aromatic carbocycles. The Morgan fingerprint density at radius 2 is 1.82 bits per heavy atom. The van der Waals surface area contributed by atoms with Gasteiger partial charge < -0.3 is 5.73 Å². The Balaban J connectivity index is 2.36. The molecule has 3 heteroatoms. The highest BCUT2D eigenvalue weighted by molar-refractivity contribution is 4.81. The summed E-state index contributed by atoms with van der Waals surface area (Å²) < 4.78 is 25.2. The van der Waals surface area contributed by atoms with E-state index >= 15 is 0 Å². The molecule has 1 fully saturated rings. The number of hydrogen-bond acceptors (Lipinski definition) is 1. The molecular formula is C8H15F2N. The maximum atomic E-state index is 12.6. The van der Waals surface area contributed by atoms with Crippen molar-refractivity contribution in [1.82, 2.24) is 0 Å². The molecular weight excluding hydrogens is 148 g/mol. The van der Waals surface area contributed by atoms with Gasteiger partial charge in [-0.05, 0) is 25.7 Å². The van der Waals surface area contributed by atoms with E-state index in [9.17, 15) is 8.78 Å². The fraction of sp³-hybridized carbons (Fsp3) is 1.00. The van der Waals surface area contributed by atoms with Crippen LogP contribution in [0.2, 0.25) is 0 Å². The first-order valence-electron chi connectivity index (χ1n) is 4.15. The van der Waals surface area contributed by atoms with E-state index in [1.165, 1.54) is 0 Å². The van der Waals surface area contributed by atoms with Crippen LogP contribution in [0.5, 0.6) is 0 Å². The minimum Gasteiger partial charge on any atom is -0.328 e. The van der Waals surface area contributed by atoms with Crippen molar-refractivity contribution < 1.29 is 8.78 Å². The van der Waals surface area contributed by atoms with E-state index < -0.39 is 5.92 Å². The van der Waals surface area contributed by atoms with Gasteiger partial charge in [-0.1, -0.05) is 0 Å². The van der Waals surface area contributed by atoms with Crippen molar-refractivity contribution in [3.8, 4) is 0 Å². The number of nitrogens with two attached hydrogens (primary N) is 1. The molecule has 11 heavy (non-hydrogen) atoms. The van der Waals surface area contributed by atoms with Gasteiger partial charge in [-0.3, -0.25) is 0 Å². The molecule has 0 saturated heterocycles. The van der Waals surface area contributed by atoms with Crippen molar-refractivity contribution in [3.05, 3.63) is 0 Å². The lowest BCUT2D eigenvalue weighted by molar-refractivity contribution is -0.0475. The topological polar surface area (TPSA) is 26.0 Å². The van der Waals surface area contributed by atoms with Gasteiger partial charge in [0.1, 0.15) is 0 Å². The zero-order valence-corrected chi connectivity index (χ0v) is 6.82. The van der Waals surface area contributed by atoms with Crippen LogP contribution in [0.25, 0.3) is 0 Å². The van der Waals surface area contributed by atoms with Crippen molar-refractivity contribution in [2.75, 3.05) is 0 Å². The van der Waals surface area contributed by atoms with Crippen molar-refractivity contribution in [1.29, 1.82) is 0 Å². The van der Waals surface area contributed by atoms with Gasteiger partial charge in [-0.15, -0.1) is 0 Å². The lowest BCUT2D eigenvalue weighted by Crippen LogP contribution is -2.33. The summed E-state index contributed by atoms with van der Waals surface area (Å²) in [5, 5.41) is 0. The van der Waals surface area contributed by atoms with Gasteiger partial charge in [0.15, 0.2) is 0 Å². The SMILES string of the molecule is CC(N)C1CCC(F)(F)CC1. The number of alkyl halides is 2. The molecule has 2 N–H and O–H groups in total. The monoisotopic (exact) mass is 163 g/mol. The summed E-state index contributed by atoms with van der Waals surface area (Å²) in [4.78, 5) is 0. The Kier molecular flexibility index (Phi) is 2.47. The molecule has 66 valence electrons. The molecule has 0 radical (unpaired) electrons. The average Bonchev–Trinajstić information content (AvgIpc) is 1.86. The van der Waals surface area contributed by atoms with E-state index in [1.54, 1.807) is 0 Å². The minimum atomic E-state index is -2.41.